The summed E-state index contributed by atoms with van der Waals surface area (Å²) in [5, 5.41) is 46.2. The van der Waals surface area contributed by atoms with Gasteiger partial charge in [-0.25, -0.2) is 4.79 Å². The van der Waals surface area contributed by atoms with E-state index < -0.39 is 35.8 Å². The largest absolute Gasteiger partial charge is 0.497 e. The minimum Gasteiger partial charge on any atom is -0.497 e. The first kappa shape index (κ1) is 55.3. The Morgan fingerprint density at radius 1 is 0.466 bits per heavy atom. The fourth-order valence-electron chi connectivity index (χ4n) is 6.72. The first-order chi connectivity index (χ1) is 35.2. The van der Waals surface area contributed by atoms with Crippen molar-refractivity contribution in [2.75, 3.05) is 40.1 Å². The lowest BCUT2D eigenvalue weighted by Crippen LogP contribution is -2.23. The lowest BCUT2D eigenvalue weighted by Gasteiger charge is -2.17. The third-order valence-electron chi connectivity index (χ3n) is 10.6. The fourth-order valence-corrected chi connectivity index (χ4v) is 6.72. The lowest BCUT2D eigenvalue weighted by molar-refractivity contribution is -0.143. The normalized spacial score (nSPS) is 11.2. The van der Waals surface area contributed by atoms with Crippen molar-refractivity contribution in [1.29, 1.82) is 0 Å². The number of methoxy groups -OCH3 is 1. The lowest BCUT2D eigenvalue weighted by atomic mass is 10.1. The van der Waals surface area contributed by atoms with E-state index in [2.05, 4.69) is 0 Å². The summed E-state index contributed by atoms with van der Waals surface area (Å²) in [5.74, 6) is -2.00. The summed E-state index contributed by atoms with van der Waals surface area (Å²) in [4.78, 5) is 56.5. The topological polar surface area (TPSA) is 270 Å². The monoisotopic (exact) mass is 1010 g/mol. The molecule has 5 N–H and O–H groups in total. The number of hydrogen-bond acceptors (Lipinski definition) is 14. The van der Waals surface area contributed by atoms with Gasteiger partial charge >= 0.3 is 29.8 Å². The zero-order chi connectivity index (χ0) is 52.4. The maximum Gasteiger partial charge on any atom is 0.328 e. The van der Waals surface area contributed by atoms with Gasteiger partial charge in [0.15, 0.2) is 0 Å². The Morgan fingerprint density at radius 2 is 0.904 bits per heavy atom. The van der Waals surface area contributed by atoms with Gasteiger partial charge < -0.3 is 68.2 Å². The summed E-state index contributed by atoms with van der Waals surface area (Å²) in [5.41, 5.74) is 2.51. The van der Waals surface area contributed by atoms with Gasteiger partial charge in [0.25, 0.3) is 0 Å². The van der Waals surface area contributed by atoms with Crippen molar-refractivity contribution in [2.24, 2.45) is 5.92 Å². The van der Waals surface area contributed by atoms with E-state index in [1.54, 1.807) is 103 Å². The first-order valence-corrected chi connectivity index (χ1v) is 23.2. The van der Waals surface area contributed by atoms with Crippen LogP contribution in [-0.4, -0.2) is 95.5 Å². The van der Waals surface area contributed by atoms with Gasteiger partial charge in [-0.1, -0.05) is 18.2 Å². The quantitative estimate of drug-likeness (QED) is 0.0187. The summed E-state index contributed by atoms with van der Waals surface area (Å²) in [6.45, 7) is 0.422. The molecule has 0 spiro atoms. The summed E-state index contributed by atoms with van der Waals surface area (Å²) in [6.07, 6.45) is 3.21. The van der Waals surface area contributed by atoms with Crippen LogP contribution in [0.4, 0.5) is 0 Å². The van der Waals surface area contributed by atoms with Crippen molar-refractivity contribution in [2.45, 2.75) is 64.8 Å². The van der Waals surface area contributed by atoms with E-state index in [1.165, 1.54) is 13.2 Å². The average molecular weight is 1010 g/mol. The van der Waals surface area contributed by atoms with Crippen LogP contribution >= 0.6 is 0 Å². The molecule has 73 heavy (non-hydrogen) atoms. The molecule has 0 aliphatic heterocycles. The molecule has 0 aromatic heterocycles. The maximum atomic E-state index is 12.1. The molecule has 19 nitrogen and oxygen atoms in total. The molecule has 0 saturated heterocycles. The molecule has 0 heterocycles. The molecular formula is C54H58O19. The Bertz CT molecular complexity index is 2640. The third kappa shape index (κ3) is 20.3. The second-order valence-electron chi connectivity index (χ2n) is 16.1. The van der Waals surface area contributed by atoms with Gasteiger partial charge in [-0.3, -0.25) is 19.2 Å². The maximum absolute atomic E-state index is 12.1. The van der Waals surface area contributed by atoms with Crippen LogP contribution in [0.1, 0.15) is 67.2 Å². The number of hydrogen-bond donors (Lipinski definition) is 5. The van der Waals surface area contributed by atoms with Crippen LogP contribution in [0, 0.1) is 5.92 Å². The number of carbonyl (C=O) groups is 5. The van der Waals surface area contributed by atoms with Gasteiger partial charge in [-0.15, -0.1) is 0 Å². The molecule has 5 rings (SSSR count). The number of rotatable bonds is 35. The molecule has 0 bridgehead atoms. The molecule has 0 radical (unpaired) electrons. The molecule has 5 aromatic carbocycles. The second-order valence-corrected chi connectivity index (χ2v) is 16.1. The Hall–Kier alpha value is -8.61. The van der Waals surface area contributed by atoms with Crippen molar-refractivity contribution in [3.05, 3.63) is 131 Å². The first-order valence-electron chi connectivity index (χ1n) is 23.2. The summed E-state index contributed by atoms with van der Waals surface area (Å²) < 4.78 is 53.1. The Labute approximate surface area is 421 Å². The highest BCUT2D eigenvalue weighted by Gasteiger charge is 2.20. The molecule has 0 amide bonds. The molecular weight excluding hydrogens is 953 g/mol. The van der Waals surface area contributed by atoms with Crippen LogP contribution in [0.15, 0.2) is 109 Å². The summed E-state index contributed by atoms with van der Waals surface area (Å²) >= 11 is 0. The molecule has 388 valence electrons. The predicted molar refractivity (Wildman–Crippen MR) is 262 cm³/mol. The SMILES string of the molecule is COc1ccc(/C=C/C(=O)O)c(COc2ccc(COc3ccc(COc4cccc(OCCC(COc5cccc(OCCCC(=O)O)c5)C(=O)O)c4)c(OCCCC(=O)O)c3)c(OCCCC(=O)O)c2)c1. The highest BCUT2D eigenvalue weighted by atomic mass is 16.5. The fraction of sp³-hybridized carbons (Fsp3) is 0.315. The van der Waals surface area contributed by atoms with Gasteiger partial charge in [0.2, 0.25) is 0 Å². The highest BCUT2D eigenvalue weighted by Crippen LogP contribution is 2.32. The highest BCUT2D eigenvalue weighted by molar-refractivity contribution is 5.85. The van der Waals surface area contributed by atoms with E-state index in [-0.39, 0.29) is 91.4 Å². The molecule has 0 fully saturated rings. The van der Waals surface area contributed by atoms with Gasteiger partial charge in [-0.2, -0.15) is 0 Å². The molecule has 0 saturated carbocycles. The average Bonchev–Trinajstić information content (AvgIpc) is 3.37. The van der Waals surface area contributed by atoms with Gasteiger partial charge in [0.1, 0.15) is 78.2 Å². The molecule has 1 atom stereocenters. The number of carboxylic acids is 5. The standard InChI is InChI=1S/C54H58O19/c1-65-41-18-14-36(17-21-53(61)62)40(27-41)35-73-47-20-16-38(49(31-47)69-25-6-13-52(59)60)33-71-46-19-15-37(48(30-46)68-24-5-12-51(57)58)32-70-44-9-3-8-43(29-44)67-26-22-39(54(63)64)34-72-45-10-2-7-42(28-45)66-23-4-11-50(55)56/h2-3,7-10,14-21,27-31,39H,4-6,11-13,22-26,32-35H2,1H3,(H,55,56)(H,57,58)(H,59,60)(H,61,62)(H,63,64)/b21-17+. The minimum atomic E-state index is -1.10. The van der Waals surface area contributed by atoms with Crippen molar-refractivity contribution >= 4 is 35.9 Å². The van der Waals surface area contributed by atoms with E-state index in [0.717, 1.165) is 6.08 Å². The molecule has 0 aliphatic rings. The van der Waals surface area contributed by atoms with E-state index in [4.69, 9.17) is 52.8 Å². The Kier molecular flexibility index (Phi) is 22.4. The smallest absolute Gasteiger partial charge is 0.328 e. The van der Waals surface area contributed by atoms with Crippen LogP contribution in [-0.2, 0) is 43.8 Å². The Balaban J connectivity index is 1.21. The zero-order valence-corrected chi connectivity index (χ0v) is 40.1. The van der Waals surface area contributed by atoms with Crippen LogP contribution in [0.5, 0.6) is 51.7 Å². The van der Waals surface area contributed by atoms with Crippen molar-refractivity contribution in [1.82, 2.24) is 0 Å². The van der Waals surface area contributed by atoms with Crippen LogP contribution in [0.2, 0.25) is 0 Å². The van der Waals surface area contributed by atoms with Crippen LogP contribution in [0.3, 0.4) is 0 Å². The van der Waals surface area contributed by atoms with Crippen LogP contribution < -0.4 is 42.6 Å². The zero-order valence-electron chi connectivity index (χ0n) is 40.1. The van der Waals surface area contributed by atoms with Gasteiger partial charge in [-0.05, 0) is 98.0 Å². The third-order valence-corrected chi connectivity index (χ3v) is 10.6. The van der Waals surface area contributed by atoms with Crippen LogP contribution in [0.25, 0.3) is 6.08 Å². The second kappa shape index (κ2) is 29.5. The van der Waals surface area contributed by atoms with Gasteiger partial charge in [0, 0.05) is 66.3 Å². The molecule has 1 unspecified atom stereocenters. The van der Waals surface area contributed by atoms with E-state index in [0.29, 0.717) is 80.4 Å². The van der Waals surface area contributed by atoms with Gasteiger partial charge in [0.05, 0.1) is 39.5 Å². The van der Waals surface area contributed by atoms with Crippen molar-refractivity contribution in [3.63, 3.8) is 0 Å². The number of benzene rings is 5. The summed E-state index contributed by atoms with van der Waals surface area (Å²) in [6, 6.07) is 28.9. The molecule has 19 heteroatoms. The van der Waals surface area contributed by atoms with E-state index in [9.17, 15) is 39.3 Å². The van der Waals surface area contributed by atoms with Crippen molar-refractivity contribution in [3.8, 4) is 51.7 Å². The minimum absolute atomic E-state index is 0.0119. The number of aliphatic carboxylic acids is 5. The summed E-state index contributed by atoms with van der Waals surface area (Å²) in [7, 11) is 1.52. The number of carboxylic acid groups (broad SMARTS) is 5. The predicted octanol–water partition coefficient (Wildman–Crippen LogP) is 8.81. The van der Waals surface area contributed by atoms with E-state index >= 15 is 0 Å². The molecule has 0 aliphatic carbocycles. The van der Waals surface area contributed by atoms with Crippen molar-refractivity contribution < 1.29 is 92.1 Å². The van der Waals surface area contributed by atoms with E-state index in [1.807, 2.05) is 0 Å². The molecule has 5 aromatic rings. The number of ether oxygens (including phenoxy) is 9. The Morgan fingerprint density at radius 3 is 1.38 bits per heavy atom.